The maximum atomic E-state index is 11.4. The fourth-order valence-corrected chi connectivity index (χ4v) is 1.89. The SMILES string of the molecule is COc1ccccc1-c1[nH]c(=O)[nH]c1C(C)C. The lowest BCUT2D eigenvalue weighted by Gasteiger charge is -2.10. The molecule has 1 aromatic carbocycles. The van der Waals surface area contributed by atoms with Crippen molar-refractivity contribution in [3.63, 3.8) is 0 Å². The van der Waals surface area contributed by atoms with Gasteiger partial charge >= 0.3 is 5.69 Å². The number of hydrogen-bond acceptors (Lipinski definition) is 2. The van der Waals surface area contributed by atoms with Gasteiger partial charge in [0.2, 0.25) is 0 Å². The first-order valence-corrected chi connectivity index (χ1v) is 5.59. The van der Waals surface area contributed by atoms with Crippen LogP contribution in [0.15, 0.2) is 29.1 Å². The molecule has 0 bridgehead atoms. The molecule has 0 radical (unpaired) electrons. The zero-order valence-corrected chi connectivity index (χ0v) is 10.2. The van der Waals surface area contributed by atoms with Crippen molar-refractivity contribution in [1.82, 2.24) is 9.97 Å². The van der Waals surface area contributed by atoms with Crippen molar-refractivity contribution in [1.29, 1.82) is 0 Å². The van der Waals surface area contributed by atoms with Crippen LogP contribution in [0.2, 0.25) is 0 Å². The molecule has 0 aliphatic carbocycles. The van der Waals surface area contributed by atoms with Crippen LogP contribution in [-0.2, 0) is 0 Å². The van der Waals surface area contributed by atoms with Crippen LogP contribution in [0.4, 0.5) is 0 Å². The predicted octanol–water partition coefficient (Wildman–Crippen LogP) is 2.50. The van der Waals surface area contributed by atoms with Crippen molar-refractivity contribution >= 4 is 0 Å². The van der Waals surface area contributed by atoms with E-state index in [1.807, 2.05) is 38.1 Å². The number of rotatable bonds is 3. The Morgan fingerprint density at radius 3 is 2.53 bits per heavy atom. The van der Waals surface area contributed by atoms with E-state index in [0.717, 1.165) is 22.7 Å². The predicted molar refractivity (Wildman–Crippen MR) is 67.5 cm³/mol. The molecule has 4 heteroatoms. The number of ether oxygens (including phenoxy) is 1. The molecule has 4 nitrogen and oxygen atoms in total. The van der Waals surface area contributed by atoms with Crippen molar-refractivity contribution in [2.75, 3.05) is 7.11 Å². The molecule has 0 saturated carbocycles. The van der Waals surface area contributed by atoms with Gasteiger partial charge < -0.3 is 14.7 Å². The van der Waals surface area contributed by atoms with Gasteiger partial charge in [0.25, 0.3) is 0 Å². The van der Waals surface area contributed by atoms with Crippen LogP contribution in [0.5, 0.6) is 5.75 Å². The summed E-state index contributed by atoms with van der Waals surface area (Å²) < 4.78 is 5.31. The zero-order valence-electron chi connectivity index (χ0n) is 10.2. The number of imidazole rings is 1. The summed E-state index contributed by atoms with van der Waals surface area (Å²) in [6.07, 6.45) is 0. The van der Waals surface area contributed by atoms with Crippen molar-refractivity contribution in [3.05, 3.63) is 40.4 Å². The van der Waals surface area contributed by atoms with Gasteiger partial charge in [0.1, 0.15) is 5.75 Å². The molecule has 0 aliphatic rings. The molecule has 0 unspecified atom stereocenters. The fraction of sp³-hybridized carbons (Fsp3) is 0.308. The Balaban J connectivity index is 2.63. The van der Waals surface area contributed by atoms with Gasteiger partial charge in [0, 0.05) is 11.3 Å². The molecule has 0 saturated heterocycles. The number of aromatic nitrogens is 2. The van der Waals surface area contributed by atoms with Gasteiger partial charge in [-0.15, -0.1) is 0 Å². The molecule has 2 rings (SSSR count). The van der Waals surface area contributed by atoms with Crippen LogP contribution in [0.1, 0.15) is 25.5 Å². The van der Waals surface area contributed by atoms with Gasteiger partial charge in [-0.25, -0.2) is 4.79 Å². The van der Waals surface area contributed by atoms with Crippen molar-refractivity contribution < 1.29 is 4.74 Å². The first kappa shape index (κ1) is 11.5. The third-order valence-electron chi connectivity index (χ3n) is 2.71. The molecule has 2 aromatic rings. The highest BCUT2D eigenvalue weighted by atomic mass is 16.5. The Bertz CT molecular complexity index is 567. The van der Waals surface area contributed by atoms with Crippen LogP contribution in [-0.4, -0.2) is 17.1 Å². The second-order valence-electron chi connectivity index (χ2n) is 4.22. The Morgan fingerprint density at radius 2 is 1.88 bits per heavy atom. The molecule has 0 spiro atoms. The van der Waals surface area contributed by atoms with E-state index >= 15 is 0 Å². The first-order valence-electron chi connectivity index (χ1n) is 5.59. The summed E-state index contributed by atoms with van der Waals surface area (Å²) in [5.74, 6) is 0.999. The topological polar surface area (TPSA) is 57.9 Å². The summed E-state index contributed by atoms with van der Waals surface area (Å²) >= 11 is 0. The lowest BCUT2D eigenvalue weighted by Crippen LogP contribution is -2.01. The van der Waals surface area contributed by atoms with Crippen molar-refractivity contribution in [2.45, 2.75) is 19.8 Å². The molecule has 90 valence electrons. The monoisotopic (exact) mass is 232 g/mol. The van der Waals surface area contributed by atoms with Crippen LogP contribution in [0.3, 0.4) is 0 Å². The van der Waals surface area contributed by atoms with E-state index in [2.05, 4.69) is 9.97 Å². The minimum absolute atomic E-state index is 0.186. The van der Waals surface area contributed by atoms with E-state index in [9.17, 15) is 4.79 Å². The quantitative estimate of drug-likeness (QED) is 0.854. The number of H-pyrrole nitrogens is 2. The summed E-state index contributed by atoms with van der Waals surface area (Å²) in [4.78, 5) is 17.1. The summed E-state index contributed by atoms with van der Waals surface area (Å²) in [5, 5.41) is 0. The van der Waals surface area contributed by atoms with Crippen LogP contribution < -0.4 is 10.4 Å². The summed E-state index contributed by atoms with van der Waals surface area (Å²) in [7, 11) is 1.62. The zero-order chi connectivity index (χ0) is 12.4. The number of benzene rings is 1. The Morgan fingerprint density at radius 1 is 1.18 bits per heavy atom. The van der Waals surface area contributed by atoms with Gasteiger partial charge in [-0.1, -0.05) is 26.0 Å². The molecule has 1 heterocycles. The van der Waals surface area contributed by atoms with Gasteiger partial charge in [0.05, 0.1) is 12.8 Å². The Labute approximate surface area is 99.7 Å². The van der Waals surface area contributed by atoms with Crippen molar-refractivity contribution in [3.8, 4) is 17.0 Å². The maximum absolute atomic E-state index is 11.4. The molecule has 0 amide bonds. The number of para-hydroxylation sites is 1. The van der Waals surface area contributed by atoms with Crippen LogP contribution in [0, 0.1) is 0 Å². The number of hydrogen-bond donors (Lipinski definition) is 2. The van der Waals surface area contributed by atoms with E-state index in [0.29, 0.717) is 0 Å². The fourth-order valence-electron chi connectivity index (χ4n) is 1.89. The van der Waals surface area contributed by atoms with E-state index in [1.165, 1.54) is 0 Å². The number of methoxy groups -OCH3 is 1. The number of nitrogens with one attached hydrogen (secondary N) is 2. The highest BCUT2D eigenvalue weighted by Crippen LogP contribution is 2.31. The van der Waals surface area contributed by atoms with Crippen LogP contribution >= 0.6 is 0 Å². The molecule has 1 aromatic heterocycles. The van der Waals surface area contributed by atoms with E-state index in [4.69, 9.17) is 4.74 Å². The highest BCUT2D eigenvalue weighted by molar-refractivity contribution is 5.69. The molecule has 2 N–H and O–H groups in total. The largest absolute Gasteiger partial charge is 0.496 e. The molecular weight excluding hydrogens is 216 g/mol. The van der Waals surface area contributed by atoms with E-state index < -0.39 is 0 Å². The second-order valence-corrected chi connectivity index (χ2v) is 4.22. The minimum Gasteiger partial charge on any atom is -0.496 e. The van der Waals surface area contributed by atoms with Gasteiger partial charge in [-0.3, -0.25) is 0 Å². The van der Waals surface area contributed by atoms with E-state index in [1.54, 1.807) is 7.11 Å². The maximum Gasteiger partial charge on any atom is 0.323 e. The smallest absolute Gasteiger partial charge is 0.323 e. The Hall–Kier alpha value is -1.97. The van der Waals surface area contributed by atoms with Gasteiger partial charge in [0.15, 0.2) is 0 Å². The third kappa shape index (κ3) is 2.11. The highest BCUT2D eigenvalue weighted by Gasteiger charge is 2.15. The third-order valence-corrected chi connectivity index (χ3v) is 2.71. The standard InChI is InChI=1S/C13H16N2O2/c1-8(2)11-12(15-13(16)14-11)9-6-4-5-7-10(9)17-3/h4-8H,1-3H3,(H2,14,15,16). The van der Waals surface area contributed by atoms with Gasteiger partial charge in [-0.2, -0.15) is 0 Å². The summed E-state index contributed by atoms with van der Waals surface area (Å²) in [6.45, 7) is 4.08. The molecule has 17 heavy (non-hydrogen) atoms. The number of aromatic amines is 2. The lowest BCUT2D eigenvalue weighted by atomic mass is 10.0. The molecule has 0 aliphatic heterocycles. The first-order chi connectivity index (χ1) is 8.13. The summed E-state index contributed by atoms with van der Waals surface area (Å²) in [5.41, 5.74) is 2.42. The second kappa shape index (κ2) is 4.49. The average molecular weight is 232 g/mol. The summed E-state index contributed by atoms with van der Waals surface area (Å²) in [6, 6.07) is 7.64. The Kier molecular flexibility index (Phi) is 3.04. The average Bonchev–Trinajstić information content (AvgIpc) is 2.71. The molecular formula is C13H16N2O2. The van der Waals surface area contributed by atoms with Crippen LogP contribution in [0.25, 0.3) is 11.3 Å². The molecule has 0 fully saturated rings. The van der Waals surface area contributed by atoms with E-state index in [-0.39, 0.29) is 11.6 Å². The minimum atomic E-state index is -0.186. The molecule has 0 atom stereocenters. The normalized spacial score (nSPS) is 10.8. The van der Waals surface area contributed by atoms with Gasteiger partial charge in [-0.05, 0) is 18.1 Å². The lowest BCUT2D eigenvalue weighted by molar-refractivity contribution is 0.416. The van der Waals surface area contributed by atoms with Crippen molar-refractivity contribution in [2.24, 2.45) is 0 Å².